The van der Waals surface area contributed by atoms with Gasteiger partial charge >= 0.3 is 6.18 Å². The molecule has 1 aliphatic rings. The summed E-state index contributed by atoms with van der Waals surface area (Å²) in [5, 5.41) is 0.352. The molecule has 6 nitrogen and oxygen atoms in total. The fourth-order valence-corrected chi connectivity index (χ4v) is 3.68. The topological polar surface area (TPSA) is 62.7 Å². The average molecular weight is 439 g/mol. The molecule has 2 amide bonds. The van der Waals surface area contributed by atoms with Gasteiger partial charge in [0.15, 0.2) is 0 Å². The van der Waals surface area contributed by atoms with E-state index >= 15 is 0 Å². The Morgan fingerprint density at radius 1 is 1.03 bits per heavy atom. The summed E-state index contributed by atoms with van der Waals surface area (Å²) >= 11 is 1.09. The summed E-state index contributed by atoms with van der Waals surface area (Å²) in [7, 11) is 1.55. The minimum Gasteiger partial charge on any atom is -0.497 e. The van der Waals surface area contributed by atoms with Crippen LogP contribution in [0.25, 0.3) is 0 Å². The molecule has 0 spiro atoms. The highest BCUT2D eigenvalue weighted by molar-refractivity contribution is 7.99. The number of thioether (sulfide) groups is 1. The van der Waals surface area contributed by atoms with Gasteiger partial charge in [-0.05, 0) is 36.4 Å². The maximum atomic E-state index is 12.6. The molecule has 0 radical (unpaired) electrons. The van der Waals surface area contributed by atoms with Crippen LogP contribution in [-0.4, -0.2) is 65.6 Å². The summed E-state index contributed by atoms with van der Waals surface area (Å²) in [6.45, 7) is 1.64. The molecule has 2 heterocycles. The Hall–Kier alpha value is -2.75. The largest absolute Gasteiger partial charge is 0.497 e. The first-order chi connectivity index (χ1) is 14.3. The van der Waals surface area contributed by atoms with Crippen molar-refractivity contribution in [3.05, 3.63) is 53.7 Å². The van der Waals surface area contributed by atoms with Gasteiger partial charge in [0.25, 0.3) is 5.91 Å². The van der Waals surface area contributed by atoms with Crippen LogP contribution in [0, 0.1) is 0 Å². The van der Waals surface area contributed by atoms with Crippen molar-refractivity contribution < 1.29 is 27.5 Å². The van der Waals surface area contributed by atoms with Crippen LogP contribution in [0.15, 0.2) is 47.6 Å². The van der Waals surface area contributed by atoms with Gasteiger partial charge in [0, 0.05) is 37.9 Å². The van der Waals surface area contributed by atoms with Crippen molar-refractivity contribution >= 4 is 23.6 Å². The zero-order chi connectivity index (χ0) is 21.7. The normalized spacial score (nSPS) is 14.5. The molecule has 1 aliphatic heterocycles. The Kier molecular flexibility index (Phi) is 6.86. The molecule has 0 unspecified atom stereocenters. The number of carbonyl (C=O) groups excluding carboxylic acids is 2. The third-order valence-corrected chi connectivity index (χ3v) is 5.59. The molecule has 160 valence electrons. The minimum atomic E-state index is -4.44. The van der Waals surface area contributed by atoms with E-state index in [4.69, 9.17) is 4.74 Å². The lowest BCUT2D eigenvalue weighted by Crippen LogP contribution is -2.51. The molecule has 0 N–H and O–H groups in total. The van der Waals surface area contributed by atoms with E-state index in [9.17, 15) is 22.8 Å². The second kappa shape index (κ2) is 9.38. The number of nitrogens with zero attached hydrogens (tertiary/aromatic N) is 3. The van der Waals surface area contributed by atoms with Crippen molar-refractivity contribution in [1.82, 2.24) is 14.8 Å². The molecule has 0 atom stereocenters. The summed E-state index contributed by atoms with van der Waals surface area (Å²) in [4.78, 5) is 32.1. The molecule has 0 saturated carbocycles. The van der Waals surface area contributed by atoms with Crippen molar-refractivity contribution in [2.45, 2.75) is 11.2 Å². The third-order valence-electron chi connectivity index (χ3n) is 4.66. The van der Waals surface area contributed by atoms with Gasteiger partial charge in [0.05, 0.1) is 23.5 Å². The Morgan fingerprint density at radius 2 is 1.67 bits per heavy atom. The Morgan fingerprint density at radius 3 is 2.20 bits per heavy atom. The number of piperazine rings is 1. The van der Waals surface area contributed by atoms with Crippen LogP contribution in [0.4, 0.5) is 13.2 Å². The van der Waals surface area contributed by atoms with Crippen LogP contribution in [0.3, 0.4) is 0 Å². The van der Waals surface area contributed by atoms with Crippen molar-refractivity contribution in [3.8, 4) is 5.75 Å². The highest BCUT2D eigenvalue weighted by Gasteiger charge is 2.30. The molecular weight excluding hydrogens is 419 g/mol. The smallest absolute Gasteiger partial charge is 0.417 e. The van der Waals surface area contributed by atoms with E-state index < -0.39 is 11.7 Å². The van der Waals surface area contributed by atoms with Crippen LogP contribution < -0.4 is 4.74 Å². The van der Waals surface area contributed by atoms with Gasteiger partial charge in [-0.1, -0.05) is 11.8 Å². The number of hydrogen-bond donors (Lipinski definition) is 0. The second-order valence-electron chi connectivity index (χ2n) is 6.57. The second-order valence-corrected chi connectivity index (χ2v) is 7.57. The Labute approximate surface area is 176 Å². The summed E-state index contributed by atoms with van der Waals surface area (Å²) in [5.74, 6) is 0.499. The zero-order valence-corrected chi connectivity index (χ0v) is 17.0. The molecule has 30 heavy (non-hydrogen) atoms. The number of carbonyl (C=O) groups is 2. The number of methoxy groups -OCH3 is 1. The number of pyridine rings is 1. The third kappa shape index (κ3) is 5.44. The highest BCUT2D eigenvalue weighted by Crippen LogP contribution is 2.29. The number of alkyl halides is 3. The van der Waals surface area contributed by atoms with Gasteiger partial charge in [-0.25, -0.2) is 4.98 Å². The predicted molar refractivity (Wildman–Crippen MR) is 105 cm³/mol. The van der Waals surface area contributed by atoms with Crippen LogP contribution >= 0.6 is 11.8 Å². The fourth-order valence-electron chi connectivity index (χ4n) is 2.94. The number of ether oxygens (including phenoxy) is 1. The van der Waals surface area contributed by atoms with E-state index in [1.807, 2.05) is 0 Å². The predicted octanol–water partition coefficient (Wildman–Crippen LogP) is 3.19. The van der Waals surface area contributed by atoms with E-state index in [-0.39, 0.29) is 17.6 Å². The monoisotopic (exact) mass is 439 g/mol. The Bertz CT molecular complexity index is 881. The quantitative estimate of drug-likeness (QED) is 0.670. The summed E-state index contributed by atoms with van der Waals surface area (Å²) in [5.41, 5.74) is -0.268. The summed E-state index contributed by atoms with van der Waals surface area (Å²) in [6.07, 6.45) is -3.68. The molecule has 2 aromatic rings. The van der Waals surface area contributed by atoms with Crippen molar-refractivity contribution in [1.29, 1.82) is 0 Å². The molecule has 1 aromatic heterocycles. The van der Waals surface area contributed by atoms with Gasteiger partial charge in [0.1, 0.15) is 5.75 Å². The first kappa shape index (κ1) is 21.9. The summed E-state index contributed by atoms with van der Waals surface area (Å²) < 4.78 is 42.8. The van der Waals surface area contributed by atoms with Crippen molar-refractivity contribution in [2.75, 3.05) is 39.0 Å². The average Bonchev–Trinajstić information content (AvgIpc) is 2.77. The minimum absolute atomic E-state index is 0.0742. The Balaban J connectivity index is 1.47. The lowest BCUT2D eigenvalue weighted by molar-refractivity contribution is -0.138. The van der Waals surface area contributed by atoms with Crippen LogP contribution in [0.2, 0.25) is 0 Å². The first-order valence-corrected chi connectivity index (χ1v) is 10.1. The van der Waals surface area contributed by atoms with Crippen LogP contribution in [-0.2, 0) is 11.0 Å². The number of hydrogen-bond acceptors (Lipinski definition) is 5. The fraction of sp³-hybridized carbons (Fsp3) is 0.350. The van der Waals surface area contributed by atoms with Gasteiger partial charge in [-0.3, -0.25) is 9.59 Å². The maximum absolute atomic E-state index is 12.6. The number of aromatic nitrogens is 1. The van der Waals surface area contributed by atoms with E-state index in [1.165, 1.54) is 6.07 Å². The first-order valence-electron chi connectivity index (χ1n) is 9.15. The molecule has 1 saturated heterocycles. The molecule has 1 fully saturated rings. The van der Waals surface area contributed by atoms with E-state index in [0.29, 0.717) is 42.5 Å². The SMILES string of the molecule is COc1ccc(C(=O)N2CCN(C(=O)CSc3ccc(C(F)(F)F)cn3)CC2)cc1. The molecule has 1 aromatic carbocycles. The lowest BCUT2D eigenvalue weighted by atomic mass is 10.1. The molecule has 3 rings (SSSR count). The van der Waals surface area contributed by atoms with Crippen molar-refractivity contribution in [2.24, 2.45) is 0 Å². The van der Waals surface area contributed by atoms with E-state index in [0.717, 1.165) is 24.0 Å². The zero-order valence-electron chi connectivity index (χ0n) is 16.2. The number of amides is 2. The van der Waals surface area contributed by atoms with E-state index in [1.54, 1.807) is 41.2 Å². The van der Waals surface area contributed by atoms with Gasteiger partial charge in [-0.15, -0.1) is 0 Å². The molecule has 0 aliphatic carbocycles. The molecule has 10 heteroatoms. The number of rotatable bonds is 5. The summed E-state index contributed by atoms with van der Waals surface area (Å²) in [6, 6.07) is 9.05. The van der Waals surface area contributed by atoms with Gasteiger partial charge < -0.3 is 14.5 Å². The maximum Gasteiger partial charge on any atom is 0.417 e. The van der Waals surface area contributed by atoms with Crippen molar-refractivity contribution in [3.63, 3.8) is 0 Å². The number of halogens is 3. The van der Waals surface area contributed by atoms with E-state index in [2.05, 4.69) is 4.98 Å². The lowest BCUT2D eigenvalue weighted by Gasteiger charge is -2.34. The number of benzene rings is 1. The highest BCUT2D eigenvalue weighted by atomic mass is 32.2. The van der Waals surface area contributed by atoms with Gasteiger partial charge in [-0.2, -0.15) is 13.2 Å². The van der Waals surface area contributed by atoms with Gasteiger partial charge in [0.2, 0.25) is 5.91 Å². The molecular formula is C20H20F3N3O3S. The van der Waals surface area contributed by atoms with Crippen LogP contribution in [0.1, 0.15) is 15.9 Å². The standard InChI is InChI=1S/C20H20F3N3O3S/c1-29-16-5-2-14(3-6-16)19(28)26-10-8-25(9-11-26)18(27)13-30-17-7-4-15(12-24-17)20(21,22)23/h2-7,12H,8-11,13H2,1H3. The van der Waals surface area contributed by atoms with Crippen LogP contribution in [0.5, 0.6) is 5.75 Å². The molecule has 0 bridgehead atoms.